The molecule has 1 amide bonds. The number of carbonyl (C=O) groups is 1. The molecule has 2 rings (SSSR count). The van der Waals surface area contributed by atoms with Gasteiger partial charge in [0, 0.05) is 6.42 Å². The van der Waals surface area contributed by atoms with Crippen molar-refractivity contribution in [2.24, 2.45) is 5.92 Å². The van der Waals surface area contributed by atoms with Gasteiger partial charge in [0.15, 0.2) is 0 Å². The van der Waals surface area contributed by atoms with Crippen molar-refractivity contribution in [3.05, 3.63) is 0 Å². The fraction of sp³-hybridized carbons (Fsp3) is 0.667. The highest BCUT2D eigenvalue weighted by Crippen LogP contribution is 2.08. The minimum absolute atomic E-state index is 0.0621. The van der Waals surface area contributed by atoms with E-state index in [1.807, 2.05) is 0 Å². The van der Waals surface area contributed by atoms with E-state index >= 15 is 0 Å². The average Bonchev–Trinajstić information content (AvgIpc) is 2.49. The molecule has 70 valence electrons. The van der Waals surface area contributed by atoms with Gasteiger partial charge in [-0.15, -0.1) is 5.10 Å². The van der Waals surface area contributed by atoms with Crippen LogP contribution in [-0.4, -0.2) is 39.6 Å². The number of aromatic amines is 1. The molecule has 0 unspecified atom stereocenters. The van der Waals surface area contributed by atoms with Crippen molar-refractivity contribution in [2.75, 3.05) is 18.4 Å². The molecule has 13 heavy (non-hydrogen) atoms. The molecule has 1 aliphatic heterocycles. The molecule has 0 spiro atoms. The summed E-state index contributed by atoms with van der Waals surface area (Å²) in [5.41, 5.74) is 0. The van der Waals surface area contributed by atoms with Crippen LogP contribution in [0, 0.1) is 5.92 Å². The first kappa shape index (κ1) is 8.11. The number of H-pyrrole nitrogens is 1. The second kappa shape index (κ2) is 3.48. The Labute approximate surface area is 74.3 Å². The van der Waals surface area contributed by atoms with Crippen LogP contribution in [0.1, 0.15) is 6.42 Å². The van der Waals surface area contributed by atoms with E-state index in [0.717, 1.165) is 13.1 Å². The molecule has 1 aromatic rings. The molecule has 1 aromatic heterocycles. The largest absolute Gasteiger partial charge is 0.316 e. The predicted molar refractivity (Wildman–Crippen MR) is 43.8 cm³/mol. The number of hydrogen-bond acceptors (Lipinski definition) is 5. The van der Waals surface area contributed by atoms with Crippen molar-refractivity contribution in [3.63, 3.8) is 0 Å². The third-order valence-electron chi connectivity index (χ3n) is 1.94. The summed E-state index contributed by atoms with van der Waals surface area (Å²) < 4.78 is 0. The standard InChI is InChI=1S/C6H10N6O/c13-5(1-4-2-7-3-4)8-6-9-11-12-10-6/h4,7H,1-3H2,(H2,8,9,10,11,12,13). The Bertz CT molecular complexity index is 279. The van der Waals surface area contributed by atoms with Crippen LogP contribution in [0.15, 0.2) is 0 Å². The van der Waals surface area contributed by atoms with Crippen LogP contribution in [-0.2, 0) is 4.79 Å². The maximum Gasteiger partial charge on any atom is 0.269 e. The molecule has 7 nitrogen and oxygen atoms in total. The van der Waals surface area contributed by atoms with E-state index in [9.17, 15) is 4.79 Å². The average molecular weight is 182 g/mol. The van der Waals surface area contributed by atoms with Crippen molar-refractivity contribution in [3.8, 4) is 0 Å². The second-order valence-electron chi connectivity index (χ2n) is 3.01. The highest BCUT2D eigenvalue weighted by Gasteiger charge is 2.20. The van der Waals surface area contributed by atoms with Crippen molar-refractivity contribution in [1.29, 1.82) is 0 Å². The van der Waals surface area contributed by atoms with E-state index in [4.69, 9.17) is 0 Å². The summed E-state index contributed by atoms with van der Waals surface area (Å²) >= 11 is 0. The first-order chi connectivity index (χ1) is 6.34. The predicted octanol–water partition coefficient (Wildman–Crippen LogP) is -1.25. The Morgan fingerprint density at radius 1 is 1.62 bits per heavy atom. The third-order valence-corrected chi connectivity index (χ3v) is 1.94. The minimum atomic E-state index is -0.0621. The lowest BCUT2D eigenvalue weighted by Crippen LogP contribution is -2.43. The van der Waals surface area contributed by atoms with Crippen molar-refractivity contribution < 1.29 is 4.79 Å². The summed E-state index contributed by atoms with van der Waals surface area (Å²) in [4.78, 5) is 11.3. The summed E-state index contributed by atoms with van der Waals surface area (Å²) in [6.07, 6.45) is 0.515. The van der Waals surface area contributed by atoms with E-state index in [0.29, 0.717) is 12.3 Å². The summed E-state index contributed by atoms with van der Waals surface area (Å²) in [5, 5.41) is 18.4. The summed E-state index contributed by atoms with van der Waals surface area (Å²) in [5.74, 6) is 0.622. The van der Waals surface area contributed by atoms with Crippen LogP contribution in [0.25, 0.3) is 0 Å². The third kappa shape index (κ3) is 2.00. The molecule has 2 heterocycles. The molecule has 1 aliphatic rings. The Kier molecular flexibility index (Phi) is 2.17. The normalized spacial score (nSPS) is 16.6. The van der Waals surface area contributed by atoms with Crippen molar-refractivity contribution in [2.45, 2.75) is 6.42 Å². The zero-order chi connectivity index (χ0) is 9.10. The maximum absolute atomic E-state index is 11.3. The van der Waals surface area contributed by atoms with Gasteiger partial charge in [-0.05, 0) is 24.2 Å². The van der Waals surface area contributed by atoms with Gasteiger partial charge in [0.2, 0.25) is 5.91 Å². The lowest BCUT2D eigenvalue weighted by atomic mass is 9.99. The number of carbonyl (C=O) groups excluding carboxylic acids is 1. The highest BCUT2D eigenvalue weighted by atomic mass is 16.1. The van der Waals surface area contributed by atoms with E-state index in [1.165, 1.54) is 0 Å². The first-order valence-corrected chi connectivity index (χ1v) is 4.08. The van der Waals surface area contributed by atoms with Gasteiger partial charge in [-0.3, -0.25) is 10.1 Å². The van der Waals surface area contributed by atoms with Gasteiger partial charge in [0.05, 0.1) is 0 Å². The minimum Gasteiger partial charge on any atom is -0.316 e. The first-order valence-electron chi connectivity index (χ1n) is 4.08. The topological polar surface area (TPSA) is 95.6 Å². The van der Waals surface area contributed by atoms with Gasteiger partial charge < -0.3 is 5.32 Å². The van der Waals surface area contributed by atoms with Crippen LogP contribution >= 0.6 is 0 Å². The van der Waals surface area contributed by atoms with Gasteiger partial charge in [-0.25, -0.2) is 0 Å². The number of amides is 1. The molecule has 0 aliphatic carbocycles. The molecule has 1 fully saturated rings. The Hall–Kier alpha value is -1.50. The second-order valence-corrected chi connectivity index (χ2v) is 3.01. The zero-order valence-corrected chi connectivity index (χ0v) is 6.95. The van der Waals surface area contributed by atoms with Crippen LogP contribution in [0.4, 0.5) is 5.95 Å². The van der Waals surface area contributed by atoms with Gasteiger partial charge in [-0.2, -0.15) is 5.21 Å². The van der Waals surface area contributed by atoms with Crippen molar-refractivity contribution >= 4 is 11.9 Å². The fourth-order valence-electron chi connectivity index (χ4n) is 1.15. The van der Waals surface area contributed by atoms with Crippen LogP contribution in [0.3, 0.4) is 0 Å². The van der Waals surface area contributed by atoms with Gasteiger partial charge in [-0.1, -0.05) is 5.10 Å². The van der Waals surface area contributed by atoms with E-state index < -0.39 is 0 Å². The molecule has 0 atom stereocenters. The molecular formula is C6H10N6O. The van der Waals surface area contributed by atoms with Crippen molar-refractivity contribution in [1.82, 2.24) is 25.9 Å². The van der Waals surface area contributed by atoms with Gasteiger partial charge in [0.25, 0.3) is 5.95 Å². The molecule has 0 aromatic carbocycles. The summed E-state index contributed by atoms with van der Waals surface area (Å²) in [7, 11) is 0. The lowest BCUT2D eigenvalue weighted by Gasteiger charge is -2.25. The highest BCUT2D eigenvalue weighted by molar-refractivity contribution is 5.89. The maximum atomic E-state index is 11.3. The van der Waals surface area contributed by atoms with E-state index in [-0.39, 0.29) is 11.9 Å². The summed E-state index contributed by atoms with van der Waals surface area (Å²) in [6, 6.07) is 0. The number of anilines is 1. The molecule has 0 saturated carbocycles. The number of aromatic nitrogens is 4. The molecule has 3 N–H and O–H groups in total. The number of tetrazole rings is 1. The smallest absolute Gasteiger partial charge is 0.269 e. The number of nitrogens with zero attached hydrogens (tertiary/aromatic N) is 3. The lowest BCUT2D eigenvalue weighted by molar-refractivity contribution is -0.117. The van der Waals surface area contributed by atoms with E-state index in [1.54, 1.807) is 0 Å². The zero-order valence-electron chi connectivity index (χ0n) is 6.95. The fourth-order valence-corrected chi connectivity index (χ4v) is 1.15. The van der Waals surface area contributed by atoms with Crippen LogP contribution in [0.2, 0.25) is 0 Å². The number of hydrogen-bond donors (Lipinski definition) is 3. The van der Waals surface area contributed by atoms with Gasteiger partial charge in [0.1, 0.15) is 0 Å². The van der Waals surface area contributed by atoms with Gasteiger partial charge >= 0.3 is 0 Å². The molecule has 0 radical (unpaired) electrons. The molecule has 7 heteroatoms. The van der Waals surface area contributed by atoms with Crippen LogP contribution in [0.5, 0.6) is 0 Å². The Morgan fingerprint density at radius 2 is 2.46 bits per heavy atom. The Morgan fingerprint density at radius 3 is 3.00 bits per heavy atom. The number of nitrogens with one attached hydrogen (secondary N) is 3. The quantitative estimate of drug-likeness (QED) is 0.542. The molecule has 0 bridgehead atoms. The molecular weight excluding hydrogens is 172 g/mol. The molecule has 1 saturated heterocycles. The monoisotopic (exact) mass is 182 g/mol. The number of rotatable bonds is 3. The SMILES string of the molecule is O=C(CC1CNC1)Nc1nn[nH]n1. The van der Waals surface area contributed by atoms with E-state index in [2.05, 4.69) is 31.3 Å². The Balaban J connectivity index is 1.78. The van der Waals surface area contributed by atoms with Crippen LogP contribution < -0.4 is 10.6 Å². The summed E-state index contributed by atoms with van der Waals surface area (Å²) in [6.45, 7) is 1.83.